The van der Waals surface area contributed by atoms with Gasteiger partial charge in [-0.1, -0.05) is 18.2 Å². The zero-order valence-electron chi connectivity index (χ0n) is 10.9. The number of aryl methyl sites for hydroxylation is 1. The van der Waals surface area contributed by atoms with Gasteiger partial charge in [-0.05, 0) is 56.1 Å². The summed E-state index contributed by atoms with van der Waals surface area (Å²) >= 11 is 7.11. The molecule has 1 aromatic heterocycles. The average Bonchev–Trinajstić information content (AvgIpc) is 2.76. The lowest BCUT2D eigenvalue weighted by Crippen LogP contribution is -2.06. The standard InChI is InChI=1S/C15H13Br2N3/c1-20-13-8-3-2-7-12(13)19-14(20)9-18-15-10(16)5-4-6-11(15)17/h2-8,18H,9H2,1H3. The quantitative estimate of drug-likeness (QED) is 0.697. The fraction of sp³-hybridized carbons (Fsp3) is 0.133. The van der Waals surface area contributed by atoms with Gasteiger partial charge in [-0.25, -0.2) is 4.98 Å². The Morgan fingerprint density at radius 3 is 2.45 bits per heavy atom. The molecule has 0 bridgehead atoms. The van der Waals surface area contributed by atoms with Crippen molar-refractivity contribution in [2.75, 3.05) is 5.32 Å². The Hall–Kier alpha value is -1.33. The highest BCUT2D eigenvalue weighted by molar-refractivity contribution is 9.11. The maximum atomic E-state index is 4.66. The fourth-order valence-electron chi connectivity index (χ4n) is 2.19. The normalized spacial score (nSPS) is 10.9. The lowest BCUT2D eigenvalue weighted by Gasteiger charge is -2.10. The second kappa shape index (κ2) is 5.58. The van der Waals surface area contributed by atoms with Crippen LogP contribution in [0, 0.1) is 0 Å². The molecule has 0 amide bonds. The Kier molecular flexibility index (Phi) is 3.81. The van der Waals surface area contributed by atoms with Crippen molar-refractivity contribution in [1.82, 2.24) is 9.55 Å². The van der Waals surface area contributed by atoms with Gasteiger partial charge in [0.1, 0.15) is 5.82 Å². The van der Waals surface area contributed by atoms with E-state index in [0.717, 1.165) is 31.5 Å². The molecule has 5 heteroatoms. The van der Waals surface area contributed by atoms with Gasteiger partial charge in [0.15, 0.2) is 0 Å². The topological polar surface area (TPSA) is 29.9 Å². The average molecular weight is 395 g/mol. The molecule has 0 spiro atoms. The number of imidazole rings is 1. The number of nitrogens with zero attached hydrogens (tertiary/aromatic N) is 2. The van der Waals surface area contributed by atoms with E-state index in [1.165, 1.54) is 0 Å². The lowest BCUT2D eigenvalue weighted by molar-refractivity contribution is 0.834. The van der Waals surface area contributed by atoms with E-state index in [2.05, 4.69) is 52.8 Å². The number of hydrogen-bond acceptors (Lipinski definition) is 2. The van der Waals surface area contributed by atoms with Gasteiger partial charge in [0, 0.05) is 16.0 Å². The van der Waals surface area contributed by atoms with Crippen molar-refractivity contribution in [2.45, 2.75) is 6.54 Å². The third-order valence-corrected chi connectivity index (χ3v) is 4.59. The van der Waals surface area contributed by atoms with Gasteiger partial charge in [0.25, 0.3) is 0 Å². The van der Waals surface area contributed by atoms with Crippen LogP contribution in [0.1, 0.15) is 5.82 Å². The SMILES string of the molecule is Cn1c(CNc2c(Br)cccc2Br)nc2ccccc21. The third-order valence-electron chi connectivity index (χ3n) is 3.27. The van der Waals surface area contributed by atoms with Crippen molar-refractivity contribution in [2.24, 2.45) is 7.05 Å². The monoisotopic (exact) mass is 393 g/mol. The molecule has 0 aliphatic carbocycles. The second-order valence-corrected chi connectivity index (χ2v) is 6.23. The van der Waals surface area contributed by atoms with Gasteiger partial charge in [0.2, 0.25) is 0 Å². The first-order valence-corrected chi connectivity index (χ1v) is 7.83. The molecular formula is C15H13Br2N3. The number of aromatic nitrogens is 2. The molecule has 20 heavy (non-hydrogen) atoms. The van der Waals surface area contributed by atoms with Crippen LogP contribution in [0.5, 0.6) is 0 Å². The largest absolute Gasteiger partial charge is 0.376 e. The van der Waals surface area contributed by atoms with Gasteiger partial charge in [-0.3, -0.25) is 0 Å². The molecule has 3 rings (SSSR count). The van der Waals surface area contributed by atoms with Gasteiger partial charge >= 0.3 is 0 Å². The maximum Gasteiger partial charge on any atom is 0.128 e. The lowest BCUT2D eigenvalue weighted by atomic mass is 10.3. The molecule has 3 aromatic rings. The molecule has 102 valence electrons. The predicted octanol–water partition coefficient (Wildman–Crippen LogP) is 4.71. The van der Waals surface area contributed by atoms with Gasteiger partial charge in [-0.15, -0.1) is 0 Å². The van der Waals surface area contributed by atoms with Crippen LogP contribution in [0.4, 0.5) is 5.69 Å². The number of para-hydroxylation sites is 3. The molecule has 1 heterocycles. The van der Waals surface area contributed by atoms with E-state index in [-0.39, 0.29) is 0 Å². The Labute approximate surface area is 134 Å². The molecule has 3 nitrogen and oxygen atoms in total. The fourth-order valence-corrected chi connectivity index (χ4v) is 3.47. The zero-order chi connectivity index (χ0) is 14.1. The van der Waals surface area contributed by atoms with E-state index in [4.69, 9.17) is 0 Å². The van der Waals surface area contributed by atoms with Crippen LogP contribution in [0.3, 0.4) is 0 Å². The first kappa shape index (κ1) is 13.6. The van der Waals surface area contributed by atoms with Crippen LogP contribution in [0.15, 0.2) is 51.4 Å². The van der Waals surface area contributed by atoms with E-state index >= 15 is 0 Å². The summed E-state index contributed by atoms with van der Waals surface area (Å²) in [5, 5.41) is 3.42. The van der Waals surface area contributed by atoms with Crippen molar-refractivity contribution < 1.29 is 0 Å². The molecule has 0 aliphatic rings. The summed E-state index contributed by atoms with van der Waals surface area (Å²) in [4.78, 5) is 4.66. The smallest absolute Gasteiger partial charge is 0.128 e. The Morgan fingerprint density at radius 2 is 1.75 bits per heavy atom. The zero-order valence-corrected chi connectivity index (χ0v) is 14.1. The van der Waals surface area contributed by atoms with E-state index < -0.39 is 0 Å². The van der Waals surface area contributed by atoms with Crippen molar-refractivity contribution in [3.63, 3.8) is 0 Å². The summed E-state index contributed by atoms with van der Waals surface area (Å²) in [5.41, 5.74) is 3.22. The molecule has 0 saturated carbocycles. The number of anilines is 1. The summed E-state index contributed by atoms with van der Waals surface area (Å²) in [6, 6.07) is 14.2. The number of fused-ring (bicyclic) bond motifs is 1. The van der Waals surface area contributed by atoms with E-state index in [0.29, 0.717) is 6.54 Å². The van der Waals surface area contributed by atoms with Crippen LogP contribution in [-0.4, -0.2) is 9.55 Å². The van der Waals surface area contributed by atoms with Crippen molar-refractivity contribution >= 4 is 48.6 Å². The first-order chi connectivity index (χ1) is 9.66. The van der Waals surface area contributed by atoms with E-state index in [1.807, 2.05) is 43.4 Å². The number of halogens is 2. The van der Waals surface area contributed by atoms with Crippen LogP contribution >= 0.6 is 31.9 Å². The second-order valence-electron chi connectivity index (χ2n) is 4.53. The minimum absolute atomic E-state index is 0.673. The minimum atomic E-state index is 0.673. The molecule has 0 atom stereocenters. The van der Waals surface area contributed by atoms with Crippen molar-refractivity contribution in [3.8, 4) is 0 Å². The first-order valence-electron chi connectivity index (χ1n) is 6.25. The number of benzene rings is 2. The Morgan fingerprint density at radius 1 is 1.05 bits per heavy atom. The van der Waals surface area contributed by atoms with E-state index in [9.17, 15) is 0 Å². The van der Waals surface area contributed by atoms with Crippen LogP contribution < -0.4 is 5.32 Å². The highest BCUT2D eigenvalue weighted by Crippen LogP contribution is 2.31. The highest BCUT2D eigenvalue weighted by atomic mass is 79.9. The Bertz CT molecular complexity index is 745. The summed E-state index contributed by atoms with van der Waals surface area (Å²) in [5.74, 6) is 1.01. The molecule has 0 radical (unpaired) electrons. The third kappa shape index (κ3) is 2.47. The highest BCUT2D eigenvalue weighted by Gasteiger charge is 2.09. The summed E-state index contributed by atoms with van der Waals surface area (Å²) < 4.78 is 4.18. The van der Waals surface area contributed by atoms with Crippen LogP contribution in [-0.2, 0) is 13.6 Å². The molecule has 2 aromatic carbocycles. The summed E-state index contributed by atoms with van der Waals surface area (Å²) in [7, 11) is 2.04. The van der Waals surface area contributed by atoms with Gasteiger partial charge < -0.3 is 9.88 Å². The van der Waals surface area contributed by atoms with Gasteiger partial charge in [0.05, 0.1) is 23.3 Å². The molecule has 0 aliphatic heterocycles. The van der Waals surface area contributed by atoms with Crippen molar-refractivity contribution in [3.05, 3.63) is 57.2 Å². The van der Waals surface area contributed by atoms with Crippen molar-refractivity contribution in [1.29, 1.82) is 0 Å². The molecule has 0 saturated heterocycles. The predicted molar refractivity (Wildman–Crippen MR) is 89.9 cm³/mol. The maximum absolute atomic E-state index is 4.66. The number of rotatable bonds is 3. The number of nitrogens with one attached hydrogen (secondary N) is 1. The van der Waals surface area contributed by atoms with Crippen LogP contribution in [0.2, 0.25) is 0 Å². The summed E-state index contributed by atoms with van der Waals surface area (Å²) in [6.45, 7) is 0.673. The molecule has 1 N–H and O–H groups in total. The number of hydrogen-bond donors (Lipinski definition) is 1. The van der Waals surface area contributed by atoms with Crippen LogP contribution in [0.25, 0.3) is 11.0 Å². The molecule has 0 unspecified atom stereocenters. The Balaban J connectivity index is 1.89. The summed E-state index contributed by atoms with van der Waals surface area (Å²) in [6.07, 6.45) is 0. The molecular weight excluding hydrogens is 382 g/mol. The minimum Gasteiger partial charge on any atom is -0.376 e. The van der Waals surface area contributed by atoms with Gasteiger partial charge in [-0.2, -0.15) is 0 Å². The van der Waals surface area contributed by atoms with E-state index in [1.54, 1.807) is 0 Å². The molecule has 0 fully saturated rings.